The Bertz CT molecular complexity index is 253. The van der Waals surface area contributed by atoms with Crippen molar-refractivity contribution in [2.45, 2.75) is 47.1 Å². The topological polar surface area (TPSA) is 49.3 Å². The fraction of sp³-hybridized carbons (Fsp3) is 0.917. The van der Waals surface area contributed by atoms with Crippen LogP contribution in [0.5, 0.6) is 0 Å². The Balaban J connectivity index is 2.45. The van der Waals surface area contributed by atoms with Crippen LogP contribution in [0.2, 0.25) is 0 Å². The highest BCUT2D eigenvalue weighted by Crippen LogP contribution is 2.56. The summed E-state index contributed by atoms with van der Waals surface area (Å²) >= 11 is 0. The Hall–Kier alpha value is -0.570. The molecular weight excluding hydrogens is 190 g/mol. The minimum absolute atomic E-state index is 0.0781. The van der Waals surface area contributed by atoms with E-state index in [1.165, 1.54) is 0 Å². The van der Waals surface area contributed by atoms with Gasteiger partial charge < -0.3 is 10.4 Å². The van der Waals surface area contributed by atoms with Gasteiger partial charge in [0.2, 0.25) is 0 Å². The summed E-state index contributed by atoms with van der Waals surface area (Å²) in [6, 6.07) is 0.368. The minimum Gasteiger partial charge on any atom is -0.480 e. The maximum absolute atomic E-state index is 10.5. The molecule has 0 spiro atoms. The largest absolute Gasteiger partial charge is 0.480 e. The molecule has 15 heavy (non-hydrogen) atoms. The van der Waals surface area contributed by atoms with Gasteiger partial charge in [0.1, 0.15) is 0 Å². The van der Waals surface area contributed by atoms with Crippen molar-refractivity contribution < 1.29 is 9.90 Å². The summed E-state index contributed by atoms with van der Waals surface area (Å²) in [7, 11) is 0. The standard InChI is InChI=1S/C12H23NO2/c1-11(2,3)6-8-10(12(8,4)5)13-7-9(14)15/h8,10,13H,6-7H2,1-5H3,(H,14,15). The van der Waals surface area contributed by atoms with E-state index in [4.69, 9.17) is 5.11 Å². The van der Waals surface area contributed by atoms with Crippen molar-refractivity contribution in [3.8, 4) is 0 Å². The maximum Gasteiger partial charge on any atom is 0.317 e. The fourth-order valence-electron chi connectivity index (χ4n) is 2.39. The van der Waals surface area contributed by atoms with Crippen molar-refractivity contribution in [1.29, 1.82) is 0 Å². The molecule has 1 fully saturated rings. The van der Waals surface area contributed by atoms with E-state index in [2.05, 4.69) is 39.9 Å². The molecule has 0 saturated heterocycles. The summed E-state index contributed by atoms with van der Waals surface area (Å²) < 4.78 is 0. The quantitative estimate of drug-likeness (QED) is 0.752. The highest BCUT2D eigenvalue weighted by Gasteiger charge is 2.57. The molecule has 3 nitrogen and oxygen atoms in total. The lowest BCUT2D eigenvalue weighted by atomic mass is 9.87. The molecule has 0 amide bonds. The van der Waals surface area contributed by atoms with Crippen LogP contribution in [0.1, 0.15) is 41.0 Å². The smallest absolute Gasteiger partial charge is 0.317 e. The average molecular weight is 213 g/mol. The lowest BCUT2D eigenvalue weighted by Gasteiger charge is -2.18. The van der Waals surface area contributed by atoms with Crippen LogP contribution in [0.3, 0.4) is 0 Å². The maximum atomic E-state index is 10.5. The normalized spacial score (nSPS) is 28.9. The van der Waals surface area contributed by atoms with Crippen molar-refractivity contribution in [2.24, 2.45) is 16.7 Å². The van der Waals surface area contributed by atoms with Crippen LogP contribution in [0.25, 0.3) is 0 Å². The van der Waals surface area contributed by atoms with Gasteiger partial charge in [-0.2, -0.15) is 0 Å². The number of hydrogen-bond donors (Lipinski definition) is 2. The first-order valence-electron chi connectivity index (χ1n) is 5.60. The van der Waals surface area contributed by atoms with Gasteiger partial charge in [-0.1, -0.05) is 34.6 Å². The zero-order valence-electron chi connectivity index (χ0n) is 10.4. The lowest BCUT2D eigenvalue weighted by molar-refractivity contribution is -0.136. The van der Waals surface area contributed by atoms with Crippen LogP contribution in [-0.4, -0.2) is 23.7 Å². The highest BCUT2D eigenvalue weighted by atomic mass is 16.4. The molecule has 0 bridgehead atoms. The molecule has 1 rings (SSSR count). The van der Waals surface area contributed by atoms with E-state index in [1.54, 1.807) is 0 Å². The predicted molar refractivity (Wildman–Crippen MR) is 60.8 cm³/mol. The molecule has 1 aliphatic rings. The van der Waals surface area contributed by atoms with Gasteiger partial charge in [-0.15, -0.1) is 0 Å². The van der Waals surface area contributed by atoms with E-state index in [9.17, 15) is 4.79 Å². The number of carboxylic acid groups (broad SMARTS) is 1. The summed E-state index contributed by atoms with van der Waals surface area (Å²) in [5.74, 6) is -0.163. The SMILES string of the molecule is CC(C)(C)CC1C(NCC(=O)O)C1(C)C. The van der Waals surface area contributed by atoms with Crippen molar-refractivity contribution in [3.63, 3.8) is 0 Å². The van der Waals surface area contributed by atoms with Gasteiger partial charge in [0, 0.05) is 6.04 Å². The molecule has 0 aromatic carbocycles. The number of aliphatic carboxylic acids is 1. The van der Waals surface area contributed by atoms with Gasteiger partial charge >= 0.3 is 5.97 Å². The van der Waals surface area contributed by atoms with Gasteiger partial charge in [-0.25, -0.2) is 0 Å². The van der Waals surface area contributed by atoms with E-state index < -0.39 is 5.97 Å². The van der Waals surface area contributed by atoms with E-state index in [0.29, 0.717) is 17.4 Å². The molecule has 3 heteroatoms. The Kier molecular flexibility index (Phi) is 3.15. The monoisotopic (exact) mass is 213 g/mol. The Morgan fingerprint density at radius 2 is 1.93 bits per heavy atom. The van der Waals surface area contributed by atoms with Gasteiger partial charge in [0.05, 0.1) is 6.54 Å². The number of nitrogens with one attached hydrogen (secondary N) is 1. The summed E-state index contributed by atoms with van der Waals surface area (Å²) in [6.45, 7) is 11.2. The second-order valence-corrected chi connectivity index (χ2v) is 6.44. The molecule has 0 aliphatic heterocycles. The Morgan fingerprint density at radius 3 is 2.33 bits per heavy atom. The first-order valence-corrected chi connectivity index (χ1v) is 5.60. The third-order valence-corrected chi connectivity index (χ3v) is 3.36. The zero-order valence-corrected chi connectivity index (χ0v) is 10.4. The minimum atomic E-state index is -0.771. The third kappa shape index (κ3) is 3.20. The first kappa shape index (κ1) is 12.5. The van der Waals surface area contributed by atoms with Crippen LogP contribution >= 0.6 is 0 Å². The average Bonchev–Trinajstić information content (AvgIpc) is 2.46. The number of hydrogen-bond acceptors (Lipinski definition) is 2. The second kappa shape index (κ2) is 3.78. The van der Waals surface area contributed by atoms with Crippen LogP contribution in [-0.2, 0) is 4.79 Å². The van der Waals surface area contributed by atoms with Crippen molar-refractivity contribution in [3.05, 3.63) is 0 Å². The van der Waals surface area contributed by atoms with E-state index in [-0.39, 0.29) is 12.0 Å². The molecule has 88 valence electrons. The number of carboxylic acids is 1. The summed E-state index contributed by atoms with van der Waals surface area (Å²) in [4.78, 5) is 10.5. The van der Waals surface area contributed by atoms with E-state index in [0.717, 1.165) is 6.42 Å². The van der Waals surface area contributed by atoms with Crippen LogP contribution in [0.15, 0.2) is 0 Å². The van der Waals surface area contributed by atoms with Gasteiger partial charge in [-0.3, -0.25) is 4.79 Å². The molecular formula is C12H23NO2. The molecule has 2 N–H and O–H groups in total. The van der Waals surface area contributed by atoms with Crippen molar-refractivity contribution in [2.75, 3.05) is 6.54 Å². The van der Waals surface area contributed by atoms with Gasteiger partial charge in [0.15, 0.2) is 0 Å². The first-order chi connectivity index (χ1) is 6.64. The second-order valence-electron chi connectivity index (χ2n) is 6.44. The zero-order chi connectivity index (χ0) is 11.9. The summed E-state index contributed by atoms with van der Waals surface area (Å²) in [6.07, 6.45) is 1.15. The van der Waals surface area contributed by atoms with Crippen molar-refractivity contribution in [1.82, 2.24) is 5.32 Å². The van der Waals surface area contributed by atoms with Gasteiger partial charge in [0.25, 0.3) is 0 Å². The van der Waals surface area contributed by atoms with Gasteiger partial charge in [-0.05, 0) is 23.2 Å². The Labute approximate surface area is 92.3 Å². The molecule has 0 aromatic rings. The van der Waals surface area contributed by atoms with Crippen molar-refractivity contribution >= 4 is 5.97 Å². The van der Waals surface area contributed by atoms with E-state index in [1.807, 2.05) is 0 Å². The third-order valence-electron chi connectivity index (χ3n) is 3.36. The van der Waals surface area contributed by atoms with Crippen LogP contribution < -0.4 is 5.32 Å². The lowest BCUT2D eigenvalue weighted by Crippen LogP contribution is -2.28. The Morgan fingerprint density at radius 1 is 1.40 bits per heavy atom. The molecule has 2 atom stereocenters. The molecule has 2 unspecified atom stereocenters. The summed E-state index contributed by atoms with van der Waals surface area (Å²) in [5, 5.41) is 11.7. The molecule has 0 radical (unpaired) electrons. The number of carbonyl (C=O) groups is 1. The molecule has 0 heterocycles. The molecule has 1 aliphatic carbocycles. The number of rotatable bonds is 4. The fourth-order valence-corrected chi connectivity index (χ4v) is 2.39. The van der Waals surface area contributed by atoms with Crippen LogP contribution in [0.4, 0.5) is 0 Å². The highest BCUT2D eigenvalue weighted by molar-refractivity contribution is 5.69. The molecule has 0 aromatic heterocycles. The predicted octanol–water partition coefficient (Wildman–Crippen LogP) is 2.12. The van der Waals surface area contributed by atoms with Crippen LogP contribution in [0, 0.1) is 16.7 Å². The summed E-state index contributed by atoms with van der Waals surface area (Å²) in [5.41, 5.74) is 0.574. The van der Waals surface area contributed by atoms with E-state index >= 15 is 0 Å². The molecule has 1 saturated carbocycles.